The van der Waals surface area contributed by atoms with E-state index in [0.29, 0.717) is 19.3 Å². The Morgan fingerprint density at radius 2 is 0.634 bits per heavy atom. The fourth-order valence-corrected chi connectivity index (χ4v) is 7.04. The van der Waals surface area contributed by atoms with Gasteiger partial charge in [0.25, 0.3) is 0 Å². The fraction of sp³-hybridized carbons (Fsp3) is 0.554. The van der Waals surface area contributed by atoms with E-state index in [1.165, 1.54) is 77.0 Å². The molecule has 0 N–H and O–H groups in total. The van der Waals surface area contributed by atoms with Crippen molar-refractivity contribution in [2.45, 2.75) is 219 Å². The molecule has 6 heteroatoms. The molecule has 0 aromatic heterocycles. The average Bonchev–Trinajstić information content (AvgIpc) is 3.37. The lowest BCUT2D eigenvalue weighted by molar-refractivity contribution is -0.167. The Kier molecular flexibility index (Phi) is 53.6. The third-order valence-corrected chi connectivity index (χ3v) is 11.2. The Hall–Kier alpha value is -4.97. The zero-order valence-corrected chi connectivity index (χ0v) is 45.2. The van der Waals surface area contributed by atoms with Gasteiger partial charge in [0.2, 0.25) is 0 Å². The van der Waals surface area contributed by atoms with Crippen LogP contribution in [0.3, 0.4) is 0 Å². The van der Waals surface area contributed by atoms with Crippen molar-refractivity contribution in [3.63, 3.8) is 0 Å². The van der Waals surface area contributed by atoms with Crippen molar-refractivity contribution in [2.24, 2.45) is 0 Å². The number of ether oxygens (including phenoxy) is 3. The van der Waals surface area contributed by atoms with Gasteiger partial charge in [0, 0.05) is 19.3 Å². The summed E-state index contributed by atoms with van der Waals surface area (Å²) in [5.41, 5.74) is 0. The molecular weight excluding hydrogens is 877 g/mol. The molecule has 1 unspecified atom stereocenters. The van der Waals surface area contributed by atoms with Crippen LogP contribution in [0.15, 0.2) is 158 Å². The smallest absolute Gasteiger partial charge is 0.306 e. The highest BCUT2D eigenvalue weighted by atomic mass is 16.6. The first-order chi connectivity index (χ1) is 35.0. The van der Waals surface area contributed by atoms with Crippen molar-refractivity contribution in [1.29, 1.82) is 0 Å². The molecule has 0 radical (unpaired) electrons. The lowest BCUT2D eigenvalue weighted by atomic mass is 10.1. The maximum Gasteiger partial charge on any atom is 0.306 e. The minimum Gasteiger partial charge on any atom is -0.462 e. The van der Waals surface area contributed by atoms with Crippen molar-refractivity contribution in [3.05, 3.63) is 158 Å². The van der Waals surface area contributed by atoms with Crippen LogP contribution in [-0.4, -0.2) is 37.2 Å². The Balaban J connectivity index is 4.62. The first-order valence-electron chi connectivity index (χ1n) is 28.1. The minimum atomic E-state index is -0.837. The van der Waals surface area contributed by atoms with E-state index in [1.807, 2.05) is 72.9 Å². The highest BCUT2D eigenvalue weighted by molar-refractivity contribution is 5.71. The Morgan fingerprint density at radius 3 is 1.10 bits per heavy atom. The predicted octanol–water partition coefficient (Wildman–Crippen LogP) is 19.0. The van der Waals surface area contributed by atoms with Gasteiger partial charge in [-0.15, -0.1) is 0 Å². The molecule has 6 nitrogen and oxygen atoms in total. The lowest BCUT2D eigenvalue weighted by Crippen LogP contribution is -2.30. The SMILES string of the molecule is CC\C=C/C=C\C=C/C=C\C=C\C=C/C=C\CCCCCC(=O)OCC(COC(=O)CCCCCCCCC/C=C\CCCCCCCC)OC(=O)CCC/C=C\C/C=C\C/C=C\C/C=C\C/C=C\CC. The molecule has 396 valence electrons. The maximum absolute atomic E-state index is 12.8. The maximum atomic E-state index is 12.8. The van der Waals surface area contributed by atoms with E-state index in [2.05, 4.69) is 106 Å². The van der Waals surface area contributed by atoms with Gasteiger partial charge in [-0.2, -0.15) is 0 Å². The normalized spacial score (nSPS) is 13.3. The van der Waals surface area contributed by atoms with Crippen molar-refractivity contribution in [2.75, 3.05) is 13.2 Å². The first-order valence-corrected chi connectivity index (χ1v) is 28.1. The highest BCUT2D eigenvalue weighted by Crippen LogP contribution is 2.13. The summed E-state index contributed by atoms with van der Waals surface area (Å²) in [5.74, 6) is -1.04. The number of hydrogen-bond donors (Lipinski definition) is 0. The summed E-state index contributed by atoms with van der Waals surface area (Å²) < 4.78 is 16.8. The number of unbranched alkanes of at least 4 members (excludes halogenated alkanes) is 17. The van der Waals surface area contributed by atoms with Gasteiger partial charge in [0.05, 0.1) is 0 Å². The van der Waals surface area contributed by atoms with Gasteiger partial charge >= 0.3 is 17.9 Å². The van der Waals surface area contributed by atoms with Crippen LogP contribution in [0, 0.1) is 0 Å². The molecule has 0 amide bonds. The van der Waals surface area contributed by atoms with E-state index in [1.54, 1.807) is 0 Å². The zero-order valence-electron chi connectivity index (χ0n) is 45.2. The summed E-state index contributed by atoms with van der Waals surface area (Å²) in [6.45, 7) is 6.27. The van der Waals surface area contributed by atoms with Crippen molar-refractivity contribution >= 4 is 17.9 Å². The number of hydrogen-bond acceptors (Lipinski definition) is 6. The minimum absolute atomic E-state index is 0.125. The van der Waals surface area contributed by atoms with Crippen LogP contribution in [0.1, 0.15) is 213 Å². The van der Waals surface area contributed by atoms with Crippen LogP contribution < -0.4 is 0 Å². The topological polar surface area (TPSA) is 78.9 Å². The summed E-state index contributed by atoms with van der Waals surface area (Å²) >= 11 is 0. The van der Waals surface area contributed by atoms with E-state index in [4.69, 9.17) is 14.2 Å². The summed E-state index contributed by atoms with van der Waals surface area (Å²) in [6.07, 6.45) is 83.7. The van der Waals surface area contributed by atoms with Crippen LogP contribution in [0.4, 0.5) is 0 Å². The predicted molar refractivity (Wildman–Crippen MR) is 306 cm³/mol. The van der Waals surface area contributed by atoms with Gasteiger partial charge < -0.3 is 14.2 Å². The number of allylic oxidation sites excluding steroid dienone is 26. The quantitative estimate of drug-likeness (QED) is 0.0199. The van der Waals surface area contributed by atoms with Crippen LogP contribution >= 0.6 is 0 Å². The molecule has 0 fully saturated rings. The van der Waals surface area contributed by atoms with Gasteiger partial charge in [0.1, 0.15) is 13.2 Å². The monoisotopic (exact) mass is 977 g/mol. The van der Waals surface area contributed by atoms with Gasteiger partial charge in [-0.25, -0.2) is 0 Å². The molecule has 0 saturated carbocycles. The van der Waals surface area contributed by atoms with E-state index in [9.17, 15) is 14.4 Å². The van der Waals surface area contributed by atoms with Gasteiger partial charge in [-0.05, 0) is 103 Å². The Labute approximate surface area is 435 Å². The summed E-state index contributed by atoms with van der Waals surface area (Å²) in [7, 11) is 0. The van der Waals surface area contributed by atoms with Gasteiger partial charge in [0.15, 0.2) is 6.10 Å². The standard InChI is InChI=1S/C65H100O6/c1-4-7-10-13-16-19-22-25-28-31-32-35-37-40-43-46-49-52-55-58-64(67)70-61-62(71-65(68)59-56-53-50-47-44-41-38-34-30-27-24-21-18-15-12-9-6-3)60-69-63(66)57-54-51-48-45-42-39-36-33-29-26-23-20-17-14-11-8-5-2/h7,9-10,12-13,16,18-19,21-22,25-32,35,37-38,40-41,43,47,50,62H,4-6,8,11,14-15,17,20,23-24,33-34,36,39,42,44-46,48-49,51-61H2,1-3H3/b10-7-,12-9-,16-13-,21-18-,22-19-,28-25-,29-26-,30-27-,32-31+,37-35-,41-38-,43-40-,50-47-. The van der Waals surface area contributed by atoms with E-state index >= 15 is 0 Å². The summed E-state index contributed by atoms with van der Waals surface area (Å²) in [5, 5.41) is 0. The van der Waals surface area contributed by atoms with E-state index in [-0.39, 0.29) is 44.0 Å². The Morgan fingerprint density at radius 1 is 0.310 bits per heavy atom. The molecule has 0 saturated heterocycles. The number of carbonyl (C=O) groups is 3. The van der Waals surface area contributed by atoms with Crippen molar-refractivity contribution in [1.82, 2.24) is 0 Å². The molecule has 0 aromatic rings. The summed E-state index contributed by atoms with van der Waals surface area (Å²) in [4.78, 5) is 38.1. The number of carbonyl (C=O) groups excluding carboxylic acids is 3. The van der Waals surface area contributed by atoms with Crippen molar-refractivity contribution in [3.8, 4) is 0 Å². The lowest BCUT2D eigenvalue weighted by Gasteiger charge is -2.18. The van der Waals surface area contributed by atoms with Gasteiger partial charge in [-0.3, -0.25) is 14.4 Å². The second kappa shape index (κ2) is 57.6. The molecule has 0 aliphatic heterocycles. The Bertz CT molecular complexity index is 1640. The van der Waals surface area contributed by atoms with Crippen LogP contribution in [0.2, 0.25) is 0 Å². The van der Waals surface area contributed by atoms with E-state index < -0.39 is 6.10 Å². The first kappa shape index (κ1) is 66.0. The zero-order chi connectivity index (χ0) is 51.4. The molecule has 1 atom stereocenters. The number of esters is 3. The third kappa shape index (κ3) is 55.8. The molecule has 0 spiro atoms. The van der Waals surface area contributed by atoms with Gasteiger partial charge in [-0.1, -0.05) is 249 Å². The largest absolute Gasteiger partial charge is 0.462 e. The highest BCUT2D eigenvalue weighted by Gasteiger charge is 2.19. The molecule has 0 aliphatic carbocycles. The molecule has 0 aliphatic rings. The molecule has 71 heavy (non-hydrogen) atoms. The van der Waals surface area contributed by atoms with E-state index in [0.717, 1.165) is 83.5 Å². The second-order valence-corrected chi connectivity index (χ2v) is 17.9. The third-order valence-electron chi connectivity index (χ3n) is 11.2. The van der Waals surface area contributed by atoms with Crippen LogP contribution in [0.5, 0.6) is 0 Å². The molecule has 0 rings (SSSR count). The molecular formula is C65H100O6. The average molecular weight is 978 g/mol. The second-order valence-electron chi connectivity index (χ2n) is 17.9. The molecule has 0 heterocycles. The fourth-order valence-electron chi connectivity index (χ4n) is 7.04. The molecule has 0 bridgehead atoms. The van der Waals surface area contributed by atoms with Crippen molar-refractivity contribution < 1.29 is 28.6 Å². The molecule has 0 aromatic carbocycles. The number of rotatable bonds is 48. The van der Waals surface area contributed by atoms with Crippen LogP contribution in [0.25, 0.3) is 0 Å². The van der Waals surface area contributed by atoms with Crippen LogP contribution in [-0.2, 0) is 28.6 Å². The summed E-state index contributed by atoms with van der Waals surface area (Å²) in [6, 6.07) is 0.